The van der Waals surface area contributed by atoms with Crippen molar-refractivity contribution in [1.29, 1.82) is 5.26 Å². The number of halogens is 1. The molecule has 222 valence electrons. The molecular weight excluding hydrogens is 543 g/mol. The number of piperazine rings is 1. The molecule has 6 rings (SSSR count). The molecule has 1 saturated carbocycles. The van der Waals surface area contributed by atoms with Crippen LogP contribution in [0, 0.1) is 22.6 Å². The zero-order chi connectivity index (χ0) is 30.4. The van der Waals surface area contributed by atoms with Crippen molar-refractivity contribution in [2.24, 2.45) is 5.41 Å². The van der Waals surface area contributed by atoms with E-state index in [1.807, 2.05) is 51.1 Å². The number of aromatic nitrogens is 2. The molecule has 0 unspecified atom stereocenters. The molecule has 1 aromatic heterocycles. The van der Waals surface area contributed by atoms with Crippen LogP contribution in [0.2, 0.25) is 0 Å². The van der Waals surface area contributed by atoms with Crippen molar-refractivity contribution in [3.05, 3.63) is 71.7 Å². The summed E-state index contributed by atoms with van der Waals surface area (Å²) >= 11 is 0. The van der Waals surface area contributed by atoms with Gasteiger partial charge in [-0.1, -0.05) is 32.9 Å². The molecule has 9 nitrogen and oxygen atoms in total. The summed E-state index contributed by atoms with van der Waals surface area (Å²) in [6, 6.07) is 15.9. The van der Waals surface area contributed by atoms with Gasteiger partial charge in [0.2, 0.25) is 5.95 Å². The monoisotopic (exact) mass is 580 g/mol. The van der Waals surface area contributed by atoms with Gasteiger partial charge in [-0.25, -0.2) is 9.37 Å². The van der Waals surface area contributed by atoms with E-state index in [4.69, 9.17) is 0 Å². The molecule has 1 saturated heterocycles. The van der Waals surface area contributed by atoms with Gasteiger partial charge in [-0.2, -0.15) is 10.2 Å². The van der Waals surface area contributed by atoms with Crippen LogP contribution < -0.4 is 20.4 Å². The number of benzene rings is 2. The molecule has 2 fully saturated rings. The van der Waals surface area contributed by atoms with E-state index in [-0.39, 0.29) is 34.1 Å². The third-order valence-corrected chi connectivity index (χ3v) is 8.35. The van der Waals surface area contributed by atoms with Crippen molar-refractivity contribution in [3.8, 4) is 6.07 Å². The van der Waals surface area contributed by atoms with Crippen LogP contribution in [0.4, 0.5) is 38.9 Å². The molecule has 1 aliphatic carbocycles. The van der Waals surface area contributed by atoms with Gasteiger partial charge in [0.15, 0.2) is 11.6 Å². The third kappa shape index (κ3) is 6.04. The smallest absolute Gasteiger partial charge is 0.268 e. The quantitative estimate of drug-likeness (QED) is 0.282. The minimum absolute atomic E-state index is 0.0221. The number of rotatable bonds is 6. The fraction of sp³-hybridized carbons (Fsp3) is 0.394. The van der Waals surface area contributed by atoms with Crippen LogP contribution in [-0.4, -0.2) is 60.5 Å². The molecule has 3 aliphatic rings. The molecule has 2 N–H and O–H groups in total. The van der Waals surface area contributed by atoms with Crippen LogP contribution in [0.25, 0.3) is 0 Å². The molecule has 43 heavy (non-hydrogen) atoms. The van der Waals surface area contributed by atoms with Gasteiger partial charge in [0, 0.05) is 60.9 Å². The third-order valence-electron chi connectivity index (χ3n) is 8.35. The zero-order valence-electron chi connectivity index (χ0n) is 25.1. The Kier molecular flexibility index (Phi) is 7.30. The van der Waals surface area contributed by atoms with Crippen molar-refractivity contribution >= 4 is 40.4 Å². The summed E-state index contributed by atoms with van der Waals surface area (Å²) in [5, 5.41) is 16.0. The molecule has 1 amide bonds. The molecule has 2 aliphatic heterocycles. The van der Waals surface area contributed by atoms with Crippen molar-refractivity contribution in [2.75, 3.05) is 60.2 Å². The van der Waals surface area contributed by atoms with Crippen LogP contribution in [-0.2, 0) is 10.2 Å². The lowest BCUT2D eigenvalue weighted by molar-refractivity contribution is -0.114. The number of nitrogens with zero attached hydrogens (tertiary/aromatic N) is 6. The Balaban J connectivity index is 1.20. The maximum absolute atomic E-state index is 14.9. The van der Waals surface area contributed by atoms with Gasteiger partial charge < -0.3 is 25.3 Å². The Bertz CT molecular complexity index is 1610. The summed E-state index contributed by atoms with van der Waals surface area (Å²) in [5.74, 6) is -0.619. The van der Waals surface area contributed by atoms with Gasteiger partial charge >= 0.3 is 0 Å². The van der Waals surface area contributed by atoms with Crippen molar-refractivity contribution < 1.29 is 9.18 Å². The Morgan fingerprint density at radius 1 is 1.05 bits per heavy atom. The molecule has 0 radical (unpaired) electrons. The minimum atomic E-state index is -0.595. The second-order valence-electron chi connectivity index (χ2n) is 12.9. The summed E-state index contributed by atoms with van der Waals surface area (Å²) in [5.41, 5.74) is 4.13. The number of hydrogen-bond acceptors (Lipinski definition) is 8. The normalized spacial score (nSPS) is 17.9. The zero-order valence-corrected chi connectivity index (χ0v) is 25.1. The Morgan fingerprint density at radius 2 is 1.74 bits per heavy atom. The summed E-state index contributed by atoms with van der Waals surface area (Å²) in [4.78, 5) is 28.4. The van der Waals surface area contributed by atoms with Gasteiger partial charge in [-0.15, -0.1) is 0 Å². The largest absolute Gasteiger partial charge is 0.369 e. The predicted molar refractivity (Wildman–Crippen MR) is 168 cm³/mol. The van der Waals surface area contributed by atoms with E-state index < -0.39 is 5.82 Å². The van der Waals surface area contributed by atoms with Gasteiger partial charge in [-0.3, -0.25) is 4.79 Å². The number of allylic oxidation sites excluding steroid dienone is 1. The van der Waals surface area contributed by atoms with Gasteiger partial charge in [0.25, 0.3) is 5.91 Å². The van der Waals surface area contributed by atoms with Crippen LogP contribution in [0.5, 0.6) is 0 Å². The van der Waals surface area contributed by atoms with Crippen LogP contribution >= 0.6 is 0 Å². The van der Waals surface area contributed by atoms with Crippen molar-refractivity contribution in [2.45, 2.75) is 39.0 Å². The molecule has 3 heterocycles. The van der Waals surface area contributed by atoms with Crippen molar-refractivity contribution in [1.82, 2.24) is 14.9 Å². The molecule has 1 spiro atoms. The first kappa shape index (κ1) is 28.6. The first-order chi connectivity index (χ1) is 20.5. The standard InChI is InChI=1S/C33H37FN8O/c1-32(2,3)18-22(19-35)30(43)42-21-33(11-12-33)26-10-7-24(17-28(26)42)37-29-27(34)20-36-31(39-29)38-23-5-8-25(9-6-23)41-15-13-40(4)14-16-41/h5-10,17-18,20H,11-16,21H2,1-4H3,(H2,36,37,38,39). The lowest BCUT2D eigenvalue weighted by Gasteiger charge is -2.34. The number of hydrogen-bond donors (Lipinski definition) is 2. The summed E-state index contributed by atoms with van der Waals surface area (Å²) in [7, 11) is 2.14. The second-order valence-corrected chi connectivity index (χ2v) is 12.9. The summed E-state index contributed by atoms with van der Waals surface area (Å²) < 4.78 is 14.9. The minimum Gasteiger partial charge on any atom is -0.369 e. The van der Waals surface area contributed by atoms with Crippen molar-refractivity contribution in [3.63, 3.8) is 0 Å². The number of carbonyl (C=O) groups excluding carboxylic acids is 1. The molecule has 10 heteroatoms. The topological polar surface area (TPSA) is 100 Å². The molecule has 2 aromatic carbocycles. The molecular formula is C33H37FN8O. The summed E-state index contributed by atoms with van der Waals surface area (Å²) in [6.45, 7) is 10.5. The Labute approximate surface area is 252 Å². The number of carbonyl (C=O) groups is 1. The highest BCUT2D eigenvalue weighted by Crippen LogP contribution is 2.57. The maximum Gasteiger partial charge on any atom is 0.268 e. The van der Waals surface area contributed by atoms with E-state index in [0.717, 1.165) is 67.8 Å². The van der Waals surface area contributed by atoms with Gasteiger partial charge in [-0.05, 0) is 67.3 Å². The van der Waals surface area contributed by atoms with Crippen LogP contribution in [0.3, 0.4) is 0 Å². The number of nitrogens with one attached hydrogen (secondary N) is 2. The van der Waals surface area contributed by atoms with E-state index in [9.17, 15) is 14.4 Å². The fourth-order valence-corrected chi connectivity index (χ4v) is 5.84. The van der Waals surface area contributed by atoms with E-state index in [2.05, 4.69) is 55.7 Å². The first-order valence-corrected chi connectivity index (χ1v) is 14.7. The molecule has 0 bridgehead atoms. The van der Waals surface area contributed by atoms with Crippen LogP contribution in [0.15, 0.2) is 60.3 Å². The van der Waals surface area contributed by atoms with Gasteiger partial charge in [0.1, 0.15) is 11.6 Å². The fourth-order valence-electron chi connectivity index (χ4n) is 5.84. The Morgan fingerprint density at radius 3 is 2.40 bits per heavy atom. The average Bonchev–Trinajstić information content (AvgIpc) is 3.69. The van der Waals surface area contributed by atoms with Crippen LogP contribution in [0.1, 0.15) is 39.2 Å². The number of nitriles is 1. The molecule has 0 atom stereocenters. The number of anilines is 6. The van der Waals surface area contributed by atoms with Gasteiger partial charge in [0.05, 0.1) is 6.20 Å². The number of amides is 1. The van der Waals surface area contributed by atoms with E-state index in [0.29, 0.717) is 12.2 Å². The first-order valence-electron chi connectivity index (χ1n) is 14.7. The highest BCUT2D eigenvalue weighted by Gasteiger charge is 2.53. The highest BCUT2D eigenvalue weighted by atomic mass is 19.1. The van der Waals surface area contributed by atoms with E-state index in [1.54, 1.807) is 11.0 Å². The maximum atomic E-state index is 14.9. The average molecular weight is 581 g/mol. The number of fused-ring (bicyclic) bond motifs is 2. The second kappa shape index (κ2) is 11.0. The van der Waals surface area contributed by atoms with E-state index in [1.165, 1.54) is 0 Å². The highest BCUT2D eigenvalue weighted by molar-refractivity contribution is 6.10. The molecule has 3 aromatic rings. The number of likely N-dealkylation sites (N-methyl/N-ethyl adjacent to an activating group) is 1. The lowest BCUT2D eigenvalue weighted by atomic mass is 9.93. The SMILES string of the molecule is CN1CCN(c2ccc(Nc3ncc(F)c(Nc4ccc5c(c4)N(C(=O)C(C#N)=CC(C)(C)C)CC54CC4)n3)cc2)CC1. The lowest BCUT2D eigenvalue weighted by Crippen LogP contribution is -2.44. The summed E-state index contributed by atoms with van der Waals surface area (Å²) in [6.07, 6.45) is 4.84. The van der Waals surface area contributed by atoms with E-state index >= 15 is 0 Å². The Hall–Kier alpha value is -4.49. The predicted octanol–water partition coefficient (Wildman–Crippen LogP) is 5.73.